The van der Waals surface area contributed by atoms with E-state index in [1.807, 2.05) is 31.2 Å². The minimum absolute atomic E-state index is 0.0589. The molecule has 2 rings (SSSR count). The van der Waals surface area contributed by atoms with Crippen molar-refractivity contribution in [3.8, 4) is 0 Å². The molecular weight excluding hydrogens is 262 g/mol. The minimum atomic E-state index is -0.109. The summed E-state index contributed by atoms with van der Waals surface area (Å²) in [5, 5.41) is 2.99. The molecule has 1 aromatic rings. The number of carbonyl (C=O) groups is 1. The highest BCUT2D eigenvalue weighted by molar-refractivity contribution is 5.94. The number of benzene rings is 1. The van der Waals surface area contributed by atoms with Crippen molar-refractivity contribution in [2.75, 3.05) is 12.4 Å². The van der Waals surface area contributed by atoms with Crippen LogP contribution < -0.4 is 11.1 Å². The molecular formula is C17H27N3O. The monoisotopic (exact) mass is 289 g/mol. The fourth-order valence-corrected chi connectivity index (χ4v) is 2.96. The lowest BCUT2D eigenvalue weighted by Gasteiger charge is -2.34. The van der Waals surface area contributed by atoms with Gasteiger partial charge in [-0.2, -0.15) is 0 Å². The van der Waals surface area contributed by atoms with Crippen molar-refractivity contribution >= 4 is 11.6 Å². The van der Waals surface area contributed by atoms with E-state index in [2.05, 4.69) is 17.3 Å². The standard InChI is InChI=1S/C17H27N3O/c1-13(20(2)16-6-4-3-5-7-16)17(21)19-15-10-8-14(12-18)9-11-15/h8-11,13,16H,3-7,12,18H2,1-2H3,(H,19,21). The summed E-state index contributed by atoms with van der Waals surface area (Å²) in [7, 11) is 2.07. The highest BCUT2D eigenvalue weighted by atomic mass is 16.2. The first kappa shape index (κ1) is 16.0. The van der Waals surface area contributed by atoms with Crippen LogP contribution >= 0.6 is 0 Å². The summed E-state index contributed by atoms with van der Waals surface area (Å²) < 4.78 is 0. The maximum absolute atomic E-state index is 12.4. The fourth-order valence-electron chi connectivity index (χ4n) is 2.96. The molecule has 1 atom stereocenters. The third-order valence-electron chi connectivity index (χ3n) is 4.60. The lowest BCUT2D eigenvalue weighted by atomic mass is 9.93. The fraction of sp³-hybridized carbons (Fsp3) is 0.588. The van der Waals surface area contributed by atoms with Crippen LogP contribution in [0.4, 0.5) is 5.69 Å². The average molecular weight is 289 g/mol. The van der Waals surface area contributed by atoms with Crippen molar-refractivity contribution in [3.63, 3.8) is 0 Å². The molecule has 21 heavy (non-hydrogen) atoms. The van der Waals surface area contributed by atoms with Crippen molar-refractivity contribution in [2.24, 2.45) is 5.73 Å². The highest BCUT2D eigenvalue weighted by Gasteiger charge is 2.26. The molecule has 1 aromatic carbocycles. The van der Waals surface area contributed by atoms with Gasteiger partial charge in [-0.3, -0.25) is 9.69 Å². The summed E-state index contributed by atoms with van der Waals surface area (Å²) in [6, 6.07) is 8.15. The Morgan fingerprint density at radius 3 is 2.48 bits per heavy atom. The van der Waals surface area contributed by atoms with Gasteiger partial charge >= 0.3 is 0 Å². The Bertz CT molecular complexity index is 452. The quantitative estimate of drug-likeness (QED) is 0.876. The van der Waals surface area contributed by atoms with Crippen molar-refractivity contribution in [1.29, 1.82) is 0 Å². The molecule has 0 aliphatic heterocycles. The van der Waals surface area contributed by atoms with Crippen LogP contribution in [0.3, 0.4) is 0 Å². The van der Waals surface area contributed by atoms with E-state index in [0.29, 0.717) is 12.6 Å². The summed E-state index contributed by atoms with van der Waals surface area (Å²) in [6.45, 7) is 2.51. The van der Waals surface area contributed by atoms with E-state index >= 15 is 0 Å². The van der Waals surface area contributed by atoms with Gasteiger partial charge in [0.15, 0.2) is 0 Å². The van der Waals surface area contributed by atoms with Gasteiger partial charge in [-0.15, -0.1) is 0 Å². The van der Waals surface area contributed by atoms with Crippen LogP contribution in [0.5, 0.6) is 0 Å². The number of hydrogen-bond acceptors (Lipinski definition) is 3. The van der Waals surface area contributed by atoms with Crippen molar-refractivity contribution in [1.82, 2.24) is 4.90 Å². The van der Waals surface area contributed by atoms with Crippen LogP contribution in [0.1, 0.15) is 44.6 Å². The molecule has 1 amide bonds. The first-order valence-corrected chi connectivity index (χ1v) is 7.93. The van der Waals surface area contributed by atoms with Gasteiger partial charge in [0.25, 0.3) is 0 Å². The van der Waals surface area contributed by atoms with Gasteiger partial charge in [-0.05, 0) is 44.5 Å². The highest BCUT2D eigenvalue weighted by Crippen LogP contribution is 2.23. The average Bonchev–Trinajstić information content (AvgIpc) is 2.55. The minimum Gasteiger partial charge on any atom is -0.326 e. The van der Waals surface area contributed by atoms with Gasteiger partial charge in [-0.1, -0.05) is 31.4 Å². The lowest BCUT2D eigenvalue weighted by molar-refractivity contribution is -0.121. The van der Waals surface area contributed by atoms with Crippen LogP contribution in [0.25, 0.3) is 0 Å². The van der Waals surface area contributed by atoms with Crippen molar-refractivity contribution in [3.05, 3.63) is 29.8 Å². The molecule has 1 aliphatic carbocycles. The lowest BCUT2D eigenvalue weighted by Crippen LogP contribution is -2.46. The van der Waals surface area contributed by atoms with Crippen LogP contribution in [-0.2, 0) is 11.3 Å². The Hall–Kier alpha value is -1.39. The van der Waals surface area contributed by atoms with E-state index in [-0.39, 0.29) is 11.9 Å². The molecule has 1 fully saturated rings. The number of rotatable bonds is 5. The Kier molecular flexibility index (Phi) is 5.76. The van der Waals surface area contributed by atoms with Gasteiger partial charge in [0.1, 0.15) is 0 Å². The van der Waals surface area contributed by atoms with Gasteiger partial charge in [-0.25, -0.2) is 0 Å². The maximum atomic E-state index is 12.4. The van der Waals surface area contributed by atoms with E-state index in [1.165, 1.54) is 32.1 Å². The number of amides is 1. The van der Waals surface area contributed by atoms with Crippen LogP contribution in [0.15, 0.2) is 24.3 Å². The number of likely N-dealkylation sites (N-methyl/N-ethyl adjacent to an activating group) is 1. The number of nitrogens with one attached hydrogen (secondary N) is 1. The zero-order valence-electron chi connectivity index (χ0n) is 13.1. The second-order valence-corrected chi connectivity index (χ2v) is 6.02. The molecule has 0 radical (unpaired) electrons. The zero-order chi connectivity index (χ0) is 15.2. The Morgan fingerprint density at radius 2 is 1.90 bits per heavy atom. The third-order valence-corrected chi connectivity index (χ3v) is 4.60. The molecule has 0 bridgehead atoms. The third kappa shape index (κ3) is 4.29. The molecule has 0 spiro atoms. The first-order valence-electron chi connectivity index (χ1n) is 7.93. The van der Waals surface area contributed by atoms with E-state index in [1.54, 1.807) is 0 Å². The maximum Gasteiger partial charge on any atom is 0.241 e. The normalized spacial score (nSPS) is 17.7. The number of nitrogens with zero attached hydrogens (tertiary/aromatic N) is 1. The molecule has 0 aromatic heterocycles. The molecule has 0 saturated heterocycles. The summed E-state index contributed by atoms with van der Waals surface area (Å²) in [5.74, 6) is 0.0589. The number of nitrogens with two attached hydrogens (primary N) is 1. The van der Waals surface area contributed by atoms with Gasteiger partial charge in [0.05, 0.1) is 6.04 Å². The SMILES string of the molecule is CC(C(=O)Nc1ccc(CN)cc1)N(C)C1CCCCC1. The van der Waals surface area contributed by atoms with Crippen LogP contribution in [0.2, 0.25) is 0 Å². The second-order valence-electron chi connectivity index (χ2n) is 6.02. The van der Waals surface area contributed by atoms with Crippen molar-refractivity contribution in [2.45, 2.75) is 57.7 Å². The summed E-state index contributed by atoms with van der Waals surface area (Å²) >= 11 is 0. The predicted octanol–water partition coefficient (Wildman–Crippen LogP) is 2.74. The van der Waals surface area contributed by atoms with Crippen LogP contribution in [0, 0.1) is 0 Å². The number of carbonyl (C=O) groups excluding carboxylic acids is 1. The smallest absolute Gasteiger partial charge is 0.241 e. The molecule has 3 N–H and O–H groups in total. The van der Waals surface area contributed by atoms with Gasteiger partial charge in [0.2, 0.25) is 5.91 Å². The molecule has 1 unspecified atom stereocenters. The summed E-state index contributed by atoms with van der Waals surface area (Å²) in [5.41, 5.74) is 7.48. The Morgan fingerprint density at radius 1 is 1.29 bits per heavy atom. The summed E-state index contributed by atoms with van der Waals surface area (Å²) in [4.78, 5) is 14.6. The molecule has 4 heteroatoms. The topological polar surface area (TPSA) is 58.4 Å². The molecule has 4 nitrogen and oxygen atoms in total. The molecule has 0 heterocycles. The molecule has 116 valence electrons. The molecule has 1 aliphatic rings. The summed E-state index contributed by atoms with van der Waals surface area (Å²) in [6.07, 6.45) is 6.31. The van der Waals surface area contributed by atoms with Gasteiger partial charge in [0, 0.05) is 18.3 Å². The second kappa shape index (κ2) is 7.57. The Labute approximate surface area is 127 Å². The van der Waals surface area contributed by atoms with E-state index in [9.17, 15) is 4.79 Å². The first-order chi connectivity index (χ1) is 10.1. The van der Waals surface area contributed by atoms with E-state index in [4.69, 9.17) is 5.73 Å². The Balaban J connectivity index is 1.91. The number of anilines is 1. The molecule has 1 saturated carbocycles. The predicted molar refractivity (Wildman–Crippen MR) is 87.1 cm³/mol. The van der Waals surface area contributed by atoms with E-state index < -0.39 is 0 Å². The largest absolute Gasteiger partial charge is 0.326 e. The van der Waals surface area contributed by atoms with Gasteiger partial charge < -0.3 is 11.1 Å². The van der Waals surface area contributed by atoms with E-state index in [0.717, 1.165) is 11.3 Å². The zero-order valence-corrected chi connectivity index (χ0v) is 13.1. The number of hydrogen-bond donors (Lipinski definition) is 2. The van der Waals surface area contributed by atoms with Crippen LogP contribution in [-0.4, -0.2) is 29.9 Å². The van der Waals surface area contributed by atoms with Crippen molar-refractivity contribution < 1.29 is 4.79 Å².